The topological polar surface area (TPSA) is 76.1 Å². The molecule has 120 valence electrons. The Morgan fingerprint density at radius 2 is 1.90 bits per heavy atom. The van der Waals surface area contributed by atoms with Gasteiger partial charge in [-0.15, -0.1) is 0 Å². The Labute approximate surface area is 125 Å². The second kappa shape index (κ2) is 6.62. The molecule has 2 aliphatic heterocycles. The summed E-state index contributed by atoms with van der Waals surface area (Å²) in [5.41, 5.74) is 0. The number of carboxylic acids is 1. The number of carboxylic acid groups (broad SMARTS) is 1. The van der Waals surface area contributed by atoms with E-state index in [9.17, 15) is 9.59 Å². The van der Waals surface area contributed by atoms with Gasteiger partial charge in [-0.05, 0) is 14.1 Å². The number of piperazine rings is 1. The Balaban J connectivity index is 1.70. The van der Waals surface area contributed by atoms with Gasteiger partial charge >= 0.3 is 12.0 Å². The first-order valence-corrected chi connectivity index (χ1v) is 7.53. The van der Waals surface area contributed by atoms with Crippen LogP contribution in [0.25, 0.3) is 0 Å². The Morgan fingerprint density at radius 1 is 1.24 bits per heavy atom. The highest BCUT2D eigenvalue weighted by molar-refractivity contribution is 5.76. The number of amides is 2. The van der Waals surface area contributed by atoms with Crippen molar-refractivity contribution in [3.05, 3.63) is 0 Å². The van der Waals surface area contributed by atoms with Crippen molar-refractivity contribution < 1.29 is 14.7 Å². The van der Waals surface area contributed by atoms with Crippen LogP contribution >= 0.6 is 0 Å². The van der Waals surface area contributed by atoms with Crippen molar-refractivity contribution >= 4 is 12.0 Å². The smallest absolute Gasteiger partial charge is 0.317 e. The molecule has 0 aromatic heterocycles. The lowest BCUT2D eigenvalue weighted by Gasteiger charge is -2.42. The first-order valence-electron chi connectivity index (χ1n) is 7.53. The SMILES string of the molecule is CC(C(=O)O)C1CN(C(=O)NCC2CN(C)CCN2C)C1. The summed E-state index contributed by atoms with van der Waals surface area (Å²) in [4.78, 5) is 29.1. The number of nitrogens with one attached hydrogen (secondary N) is 1. The van der Waals surface area contributed by atoms with Crippen LogP contribution in [-0.2, 0) is 4.79 Å². The lowest BCUT2D eigenvalue weighted by molar-refractivity contribution is -0.144. The predicted octanol–water partition coefficient (Wildman–Crippen LogP) is -0.406. The highest BCUT2D eigenvalue weighted by atomic mass is 16.4. The molecular formula is C14H26N4O3. The van der Waals surface area contributed by atoms with Gasteiger partial charge in [-0.2, -0.15) is 0 Å². The van der Waals surface area contributed by atoms with Gasteiger partial charge in [0.2, 0.25) is 0 Å². The van der Waals surface area contributed by atoms with E-state index in [0.717, 1.165) is 19.6 Å². The van der Waals surface area contributed by atoms with Crippen molar-refractivity contribution in [2.24, 2.45) is 11.8 Å². The first kappa shape index (κ1) is 16.0. The van der Waals surface area contributed by atoms with Crippen molar-refractivity contribution in [1.82, 2.24) is 20.0 Å². The molecule has 0 saturated carbocycles. The molecule has 2 unspecified atom stereocenters. The molecule has 2 atom stereocenters. The summed E-state index contributed by atoms with van der Waals surface area (Å²) >= 11 is 0. The Bertz CT molecular complexity index is 398. The molecule has 0 bridgehead atoms. The number of carbonyl (C=O) groups is 2. The summed E-state index contributed by atoms with van der Waals surface area (Å²) in [5.74, 6) is -1.09. The third-order valence-electron chi connectivity index (χ3n) is 4.76. The van der Waals surface area contributed by atoms with E-state index < -0.39 is 5.97 Å². The van der Waals surface area contributed by atoms with E-state index in [1.54, 1.807) is 11.8 Å². The minimum Gasteiger partial charge on any atom is -0.481 e. The second-order valence-electron chi connectivity index (χ2n) is 6.37. The molecule has 21 heavy (non-hydrogen) atoms. The molecule has 2 N–H and O–H groups in total. The maximum atomic E-state index is 12.0. The molecule has 2 heterocycles. The Morgan fingerprint density at radius 3 is 2.52 bits per heavy atom. The second-order valence-corrected chi connectivity index (χ2v) is 6.37. The fraction of sp³-hybridized carbons (Fsp3) is 0.857. The standard InChI is InChI=1S/C14H26N4O3/c1-10(13(19)20)11-7-18(8-11)14(21)15-6-12-9-16(2)4-5-17(12)3/h10-12H,4-9H2,1-3H3,(H,15,21)(H,19,20). The molecule has 2 saturated heterocycles. The molecule has 2 rings (SSSR count). The summed E-state index contributed by atoms with van der Waals surface area (Å²) in [6.45, 7) is 6.44. The molecule has 0 aromatic rings. The van der Waals surface area contributed by atoms with Gasteiger partial charge in [-0.1, -0.05) is 6.92 Å². The highest BCUT2D eigenvalue weighted by Crippen LogP contribution is 2.23. The lowest BCUT2D eigenvalue weighted by atomic mass is 9.87. The van der Waals surface area contributed by atoms with Gasteiger partial charge in [-0.3, -0.25) is 9.69 Å². The van der Waals surface area contributed by atoms with Crippen LogP contribution in [0.15, 0.2) is 0 Å². The van der Waals surface area contributed by atoms with Gasteiger partial charge in [0.05, 0.1) is 5.92 Å². The van der Waals surface area contributed by atoms with E-state index in [-0.39, 0.29) is 17.9 Å². The number of rotatable bonds is 4. The molecule has 0 aromatic carbocycles. The van der Waals surface area contributed by atoms with Crippen molar-refractivity contribution in [2.75, 3.05) is 53.4 Å². The number of likely N-dealkylation sites (N-methyl/N-ethyl adjacent to an activating group) is 2. The molecule has 2 aliphatic rings. The number of hydrogen-bond acceptors (Lipinski definition) is 4. The minimum atomic E-state index is -0.785. The molecule has 2 fully saturated rings. The maximum absolute atomic E-state index is 12.0. The first-order chi connectivity index (χ1) is 9.88. The normalized spacial score (nSPS) is 26.2. The molecule has 0 aliphatic carbocycles. The van der Waals surface area contributed by atoms with Crippen molar-refractivity contribution in [2.45, 2.75) is 13.0 Å². The monoisotopic (exact) mass is 298 g/mol. The predicted molar refractivity (Wildman–Crippen MR) is 79.2 cm³/mol. The number of aliphatic carboxylic acids is 1. The van der Waals surface area contributed by atoms with Crippen LogP contribution in [0.1, 0.15) is 6.92 Å². The van der Waals surface area contributed by atoms with E-state index >= 15 is 0 Å². The van der Waals surface area contributed by atoms with Gasteiger partial charge in [0, 0.05) is 51.2 Å². The summed E-state index contributed by atoms with van der Waals surface area (Å²) in [6, 6.07) is 0.258. The van der Waals surface area contributed by atoms with Gasteiger partial charge < -0.3 is 20.2 Å². The fourth-order valence-corrected chi connectivity index (χ4v) is 2.84. The van der Waals surface area contributed by atoms with Crippen LogP contribution in [0.3, 0.4) is 0 Å². The number of nitrogens with zero attached hydrogens (tertiary/aromatic N) is 3. The largest absolute Gasteiger partial charge is 0.481 e. The van der Waals surface area contributed by atoms with Gasteiger partial charge in [-0.25, -0.2) is 4.79 Å². The number of hydrogen-bond donors (Lipinski definition) is 2. The average molecular weight is 298 g/mol. The van der Waals surface area contributed by atoms with E-state index in [0.29, 0.717) is 25.7 Å². The zero-order valence-corrected chi connectivity index (χ0v) is 13.1. The van der Waals surface area contributed by atoms with Crippen LogP contribution in [0, 0.1) is 11.8 Å². The van der Waals surface area contributed by atoms with Gasteiger partial charge in [0.1, 0.15) is 0 Å². The molecule has 7 heteroatoms. The molecule has 0 spiro atoms. The van der Waals surface area contributed by atoms with Crippen LogP contribution < -0.4 is 5.32 Å². The Hall–Kier alpha value is -1.34. The third kappa shape index (κ3) is 3.85. The maximum Gasteiger partial charge on any atom is 0.317 e. The van der Waals surface area contributed by atoms with E-state index in [1.165, 1.54) is 0 Å². The summed E-state index contributed by atoms with van der Waals surface area (Å²) in [5, 5.41) is 11.9. The van der Waals surface area contributed by atoms with E-state index in [4.69, 9.17) is 5.11 Å². The van der Waals surface area contributed by atoms with Gasteiger partial charge in [0.25, 0.3) is 0 Å². The zero-order chi connectivity index (χ0) is 15.6. The molecular weight excluding hydrogens is 272 g/mol. The fourth-order valence-electron chi connectivity index (χ4n) is 2.84. The third-order valence-corrected chi connectivity index (χ3v) is 4.76. The quantitative estimate of drug-likeness (QED) is 0.738. The molecule has 0 radical (unpaired) electrons. The van der Waals surface area contributed by atoms with E-state index in [2.05, 4.69) is 29.2 Å². The summed E-state index contributed by atoms with van der Waals surface area (Å²) in [6.07, 6.45) is 0. The number of urea groups is 1. The lowest BCUT2D eigenvalue weighted by Crippen LogP contribution is -2.59. The minimum absolute atomic E-state index is 0.0783. The molecule has 7 nitrogen and oxygen atoms in total. The van der Waals surface area contributed by atoms with Crippen molar-refractivity contribution in [3.8, 4) is 0 Å². The van der Waals surface area contributed by atoms with Gasteiger partial charge in [0.15, 0.2) is 0 Å². The van der Waals surface area contributed by atoms with Crippen LogP contribution in [0.5, 0.6) is 0 Å². The Kier molecular flexibility index (Phi) is 5.05. The zero-order valence-electron chi connectivity index (χ0n) is 13.1. The average Bonchev–Trinajstić information content (AvgIpc) is 2.37. The van der Waals surface area contributed by atoms with E-state index in [1.807, 2.05) is 0 Å². The molecule has 2 amide bonds. The highest BCUT2D eigenvalue weighted by Gasteiger charge is 2.37. The van der Waals surface area contributed by atoms with Crippen LogP contribution in [-0.4, -0.2) is 91.2 Å². The summed E-state index contributed by atoms with van der Waals surface area (Å²) in [7, 11) is 4.17. The number of carbonyl (C=O) groups excluding carboxylic acids is 1. The van der Waals surface area contributed by atoms with Crippen LogP contribution in [0.2, 0.25) is 0 Å². The van der Waals surface area contributed by atoms with Crippen molar-refractivity contribution in [3.63, 3.8) is 0 Å². The van der Waals surface area contributed by atoms with Crippen LogP contribution in [0.4, 0.5) is 4.79 Å². The van der Waals surface area contributed by atoms with Crippen molar-refractivity contribution in [1.29, 1.82) is 0 Å². The number of likely N-dealkylation sites (tertiary alicyclic amines) is 1. The summed E-state index contributed by atoms with van der Waals surface area (Å²) < 4.78 is 0.